The van der Waals surface area contributed by atoms with Crippen molar-refractivity contribution < 1.29 is 42.6 Å². The van der Waals surface area contributed by atoms with Gasteiger partial charge in [0.2, 0.25) is 27.7 Å². The molecule has 6 heterocycles. The molecule has 2 aliphatic heterocycles. The van der Waals surface area contributed by atoms with Crippen molar-refractivity contribution in [3.8, 4) is 23.5 Å². The predicted molar refractivity (Wildman–Crippen MR) is 300 cm³/mol. The predicted octanol–water partition coefficient (Wildman–Crippen LogP) is 4.09. The molecule has 0 bridgehead atoms. The number of terminal acetylenes is 1. The van der Waals surface area contributed by atoms with Crippen LogP contribution in [0.4, 0.5) is 10.9 Å². The van der Waals surface area contributed by atoms with Crippen molar-refractivity contribution >= 4 is 72.2 Å². The van der Waals surface area contributed by atoms with Crippen molar-refractivity contribution in [2.24, 2.45) is 11.3 Å². The molecule has 79 heavy (non-hydrogen) atoms. The van der Waals surface area contributed by atoms with Gasteiger partial charge in [-0.3, -0.25) is 34.0 Å². The molecule has 0 saturated carbocycles. The molecule has 0 spiro atoms. The monoisotopic (exact) mass is 1110 g/mol. The van der Waals surface area contributed by atoms with Crippen LogP contribution in [0.3, 0.4) is 0 Å². The van der Waals surface area contributed by atoms with E-state index in [4.69, 9.17) is 11.4 Å². The number of carbonyl (C=O) groups is 5. The number of rotatable bonds is 20. The van der Waals surface area contributed by atoms with Crippen LogP contribution in [0.25, 0.3) is 21.5 Å². The van der Waals surface area contributed by atoms with Crippen LogP contribution in [0.2, 0.25) is 0 Å². The van der Waals surface area contributed by atoms with E-state index in [-0.39, 0.29) is 56.5 Å². The van der Waals surface area contributed by atoms with Gasteiger partial charge in [-0.15, -0.1) is 6.42 Å². The number of fused-ring (bicyclic) bond motifs is 2. The molecule has 0 aliphatic carbocycles. The topological polar surface area (TPSA) is 283 Å². The molecule has 8 rings (SSSR count). The van der Waals surface area contributed by atoms with Crippen molar-refractivity contribution in [3.05, 3.63) is 118 Å². The van der Waals surface area contributed by atoms with Crippen molar-refractivity contribution in [1.29, 1.82) is 0 Å². The summed E-state index contributed by atoms with van der Waals surface area (Å²) < 4.78 is 31.3. The van der Waals surface area contributed by atoms with Gasteiger partial charge in [-0.2, -0.15) is 5.10 Å². The number of hydrogen-bond donors (Lipinski definition) is 7. The summed E-state index contributed by atoms with van der Waals surface area (Å²) in [7, 11) is -4.30. The molecule has 4 aromatic heterocycles. The van der Waals surface area contributed by atoms with Crippen LogP contribution in [0, 0.1) is 30.6 Å². The number of hydrogen-bond acceptors (Lipinski definition) is 16. The summed E-state index contributed by atoms with van der Waals surface area (Å²) in [5, 5.41) is 37.2. The second kappa shape index (κ2) is 24.6. The zero-order chi connectivity index (χ0) is 56.8. The lowest BCUT2D eigenvalue weighted by Gasteiger charge is -2.35. The van der Waals surface area contributed by atoms with E-state index in [1.807, 2.05) is 34.7 Å². The Morgan fingerprint density at radius 2 is 1.72 bits per heavy atom. The highest BCUT2D eigenvalue weighted by atomic mass is 32.2. The second-order valence-corrected chi connectivity index (χ2v) is 24.0. The van der Waals surface area contributed by atoms with Crippen LogP contribution in [0.15, 0.2) is 79.1 Å². The van der Waals surface area contributed by atoms with Crippen molar-refractivity contribution in [2.45, 2.75) is 98.1 Å². The van der Waals surface area contributed by atoms with Gasteiger partial charge < -0.3 is 36.0 Å². The molecule has 6 aromatic rings. The number of carbonyl (C=O) groups excluding carboxylic acids is 5. The number of amides is 5. The Bertz CT molecular complexity index is 3370. The van der Waals surface area contributed by atoms with Gasteiger partial charge in [0.25, 0.3) is 11.8 Å². The van der Waals surface area contributed by atoms with Gasteiger partial charge in [-0.1, -0.05) is 76.1 Å². The van der Waals surface area contributed by atoms with Gasteiger partial charge in [0.15, 0.2) is 5.13 Å². The number of nitrogens with zero attached hydrogens (tertiary/aromatic N) is 7. The van der Waals surface area contributed by atoms with E-state index in [0.717, 1.165) is 16.8 Å². The fourth-order valence-electron chi connectivity index (χ4n) is 9.67. The largest absolute Gasteiger partial charge is 0.394 e. The Labute approximate surface area is 463 Å². The van der Waals surface area contributed by atoms with Crippen molar-refractivity contribution in [3.63, 3.8) is 0 Å². The molecule has 4 atom stereocenters. The average molecular weight is 1120 g/mol. The normalized spacial score (nSPS) is 16.3. The summed E-state index contributed by atoms with van der Waals surface area (Å²) >= 11 is 1.27. The number of aliphatic hydroxyl groups is 2. The summed E-state index contributed by atoms with van der Waals surface area (Å²) in [4.78, 5) is 86.8. The standard InChI is InChI=1S/C56H66N12O9S2/c1-8-35-14-16-37(17-15-35)44(32-69)60-51(73)45-27-38(70)30-67(45)54(75)49(56(5,6)7)63-47(71)20-23-57-24-26-79(76,77)65-52(74)48-39(41-28-59-68(34(41)4)29-33(2)3)18-19-46(62-48)66-25-21-36-11-9-12-40(42(36)31-66)50(72)64-55-61-43-13-10-22-58-53(43)78-55/h1,9-19,22,28,33,38,44-45,49,57,69-70H,20-21,23-27,29-32H2,2-7H3,(H,60,73)(H,63,71)(H,65,74)(H,61,64,72)/t38-,44+,45+,49-/m1/s1. The Balaban J connectivity index is 0.902. The zero-order valence-corrected chi connectivity index (χ0v) is 46.6. The van der Waals surface area contributed by atoms with E-state index in [0.29, 0.717) is 68.6 Å². The summed E-state index contributed by atoms with van der Waals surface area (Å²) in [6, 6.07) is 16.4. The third-order valence-corrected chi connectivity index (χ3v) is 16.0. The lowest BCUT2D eigenvalue weighted by Crippen LogP contribution is -2.58. The third kappa shape index (κ3) is 13.8. The van der Waals surface area contributed by atoms with Gasteiger partial charge in [-0.25, -0.2) is 28.1 Å². The van der Waals surface area contributed by atoms with E-state index in [1.165, 1.54) is 16.2 Å². The number of pyridine rings is 2. The first kappa shape index (κ1) is 57.6. The lowest BCUT2D eigenvalue weighted by molar-refractivity contribution is -0.144. The Morgan fingerprint density at radius 1 is 0.949 bits per heavy atom. The van der Waals surface area contributed by atoms with Crippen LogP contribution in [-0.4, -0.2) is 135 Å². The van der Waals surface area contributed by atoms with Crippen molar-refractivity contribution in [1.82, 2.24) is 50.3 Å². The maximum absolute atomic E-state index is 14.3. The average Bonchev–Trinajstić information content (AvgIpc) is 4.20. The minimum atomic E-state index is -4.30. The number of nitrogens with one attached hydrogen (secondary N) is 5. The molecule has 5 amide bonds. The first-order valence-corrected chi connectivity index (χ1v) is 28.5. The highest BCUT2D eigenvalue weighted by Gasteiger charge is 2.45. The van der Waals surface area contributed by atoms with Crippen LogP contribution in [0.5, 0.6) is 0 Å². The van der Waals surface area contributed by atoms with Gasteiger partial charge in [-0.05, 0) is 83.8 Å². The molecule has 2 aromatic carbocycles. The third-order valence-electron chi connectivity index (χ3n) is 13.8. The van der Waals surface area contributed by atoms with Crippen LogP contribution in [0.1, 0.15) is 102 Å². The maximum atomic E-state index is 14.3. The number of β-amino-alcohol motifs (C(OH)–C–C–N with tert-alkyl or cyclic N) is 1. The quantitative estimate of drug-likeness (QED) is 0.0419. The summed E-state index contributed by atoms with van der Waals surface area (Å²) in [6.07, 6.45) is 8.11. The minimum absolute atomic E-state index is 0.00781. The number of anilines is 2. The molecule has 0 radical (unpaired) electrons. The molecular weight excluding hydrogens is 1050 g/mol. The first-order chi connectivity index (χ1) is 37.6. The minimum Gasteiger partial charge on any atom is -0.394 e. The summed E-state index contributed by atoms with van der Waals surface area (Å²) in [5.74, 6) is -0.356. The number of aliphatic hydroxyl groups excluding tert-OH is 2. The molecule has 21 nitrogen and oxygen atoms in total. The second-order valence-electron chi connectivity index (χ2n) is 21.2. The summed E-state index contributed by atoms with van der Waals surface area (Å²) in [5.41, 5.74) is 4.86. The number of benzene rings is 2. The maximum Gasteiger partial charge on any atom is 0.284 e. The number of aromatic nitrogens is 5. The molecule has 416 valence electrons. The van der Waals surface area contributed by atoms with Crippen LogP contribution < -0.4 is 30.9 Å². The summed E-state index contributed by atoms with van der Waals surface area (Å²) in [6.45, 7) is 11.9. The highest BCUT2D eigenvalue weighted by molar-refractivity contribution is 7.90. The fourth-order valence-corrected chi connectivity index (χ4v) is 11.4. The Morgan fingerprint density at radius 3 is 2.43 bits per heavy atom. The molecule has 7 N–H and O–H groups in total. The fraction of sp³-hybridized carbons (Fsp3) is 0.411. The van der Waals surface area contributed by atoms with E-state index in [9.17, 15) is 42.6 Å². The number of sulfonamides is 1. The van der Waals surface area contributed by atoms with E-state index in [1.54, 1.807) is 81.7 Å². The van der Waals surface area contributed by atoms with Gasteiger partial charge in [0.05, 0.1) is 30.7 Å². The van der Waals surface area contributed by atoms with Gasteiger partial charge in [0, 0.05) is 86.3 Å². The van der Waals surface area contributed by atoms with Crippen molar-refractivity contribution in [2.75, 3.05) is 48.8 Å². The molecule has 1 saturated heterocycles. The van der Waals surface area contributed by atoms with E-state index in [2.05, 4.69) is 60.8 Å². The Kier molecular flexibility index (Phi) is 17.9. The molecule has 0 unspecified atom stereocenters. The smallest absolute Gasteiger partial charge is 0.284 e. The highest BCUT2D eigenvalue weighted by Crippen LogP contribution is 2.33. The molecular formula is C56H66N12O9S2. The SMILES string of the molecule is C#Cc1ccc([C@H](CO)NC(=O)[C@@H]2C[C@@H](O)CN2C(=O)[C@@H](NC(=O)CCNCCS(=O)(=O)NC(=O)c2nc(N3CCc4cccc(C(=O)Nc5nc6cccnc6s5)c4C3)ccc2-c2cnn(CC(C)C)c2C)C(C)(C)C)cc1. The molecule has 1 fully saturated rings. The first-order valence-electron chi connectivity index (χ1n) is 26.1. The zero-order valence-electron chi connectivity index (χ0n) is 44.9. The van der Waals surface area contributed by atoms with E-state index < -0.39 is 75.7 Å². The number of thiazole rings is 1. The number of likely N-dealkylation sites (tertiary alicyclic amines) is 1. The van der Waals surface area contributed by atoms with Crippen LogP contribution >= 0.6 is 11.3 Å². The lowest BCUT2D eigenvalue weighted by atomic mass is 9.85. The van der Waals surface area contributed by atoms with Gasteiger partial charge >= 0.3 is 0 Å². The van der Waals surface area contributed by atoms with Gasteiger partial charge in [0.1, 0.15) is 33.9 Å². The van der Waals surface area contributed by atoms with E-state index >= 15 is 0 Å². The Hall–Kier alpha value is -7.62. The molecule has 23 heteroatoms. The van der Waals surface area contributed by atoms with Crippen LogP contribution in [-0.2, 0) is 43.9 Å². The molecule has 2 aliphatic rings.